The van der Waals surface area contributed by atoms with Gasteiger partial charge in [0.15, 0.2) is 0 Å². The van der Waals surface area contributed by atoms with Gasteiger partial charge < -0.3 is 21.2 Å². The lowest BCUT2D eigenvalue weighted by molar-refractivity contribution is -0.388. The lowest BCUT2D eigenvalue weighted by atomic mass is 10.0. The zero-order valence-electron chi connectivity index (χ0n) is 9.50. The van der Waals surface area contributed by atoms with E-state index >= 15 is 0 Å². The van der Waals surface area contributed by atoms with Crippen LogP contribution in [0.1, 0.15) is 19.3 Å². The number of hydrogen-bond donors (Lipinski definition) is 2. The molecule has 0 bridgehead atoms. The van der Waals surface area contributed by atoms with Crippen LogP contribution in [0.3, 0.4) is 0 Å². The third kappa shape index (κ3) is 2.52. The normalized spacial score (nSPS) is 23.6. The van der Waals surface area contributed by atoms with Crippen molar-refractivity contribution in [1.82, 2.24) is 4.98 Å². The summed E-state index contributed by atoms with van der Waals surface area (Å²) >= 11 is 0. The standard InChI is InChI=1S/C11H16N4O2/c12-7-8-3-1-4-9(8)14-10-5-2-6-13-11(10)15(16)17/h2,5-6,8-9,14H,1,3-4,7,12H2. The maximum atomic E-state index is 10.8. The molecule has 17 heavy (non-hydrogen) atoms. The Balaban J connectivity index is 2.15. The van der Waals surface area contributed by atoms with Crippen molar-refractivity contribution in [3.63, 3.8) is 0 Å². The van der Waals surface area contributed by atoms with Gasteiger partial charge in [-0.25, -0.2) is 0 Å². The summed E-state index contributed by atoms with van der Waals surface area (Å²) in [5, 5.41) is 14.0. The number of nitrogens with zero attached hydrogens (tertiary/aromatic N) is 2. The summed E-state index contributed by atoms with van der Waals surface area (Å²) < 4.78 is 0. The van der Waals surface area contributed by atoms with Crippen molar-refractivity contribution in [2.45, 2.75) is 25.3 Å². The van der Waals surface area contributed by atoms with E-state index in [9.17, 15) is 10.1 Å². The highest BCUT2D eigenvalue weighted by Gasteiger charge is 2.28. The van der Waals surface area contributed by atoms with Crippen LogP contribution in [-0.2, 0) is 0 Å². The number of pyridine rings is 1. The number of rotatable bonds is 4. The van der Waals surface area contributed by atoms with E-state index in [4.69, 9.17) is 5.73 Å². The average molecular weight is 236 g/mol. The van der Waals surface area contributed by atoms with E-state index in [-0.39, 0.29) is 11.9 Å². The molecular weight excluding hydrogens is 220 g/mol. The second-order valence-electron chi connectivity index (χ2n) is 4.31. The molecule has 2 unspecified atom stereocenters. The van der Waals surface area contributed by atoms with Gasteiger partial charge in [0.1, 0.15) is 11.9 Å². The van der Waals surface area contributed by atoms with Gasteiger partial charge in [-0.05, 0) is 47.3 Å². The fourth-order valence-corrected chi connectivity index (χ4v) is 2.36. The van der Waals surface area contributed by atoms with Crippen molar-refractivity contribution in [1.29, 1.82) is 0 Å². The molecule has 2 atom stereocenters. The number of anilines is 1. The summed E-state index contributed by atoms with van der Waals surface area (Å²) in [5.41, 5.74) is 6.17. The lowest BCUT2D eigenvalue weighted by Gasteiger charge is -2.20. The lowest BCUT2D eigenvalue weighted by Crippen LogP contribution is -2.29. The minimum Gasteiger partial charge on any atom is -0.375 e. The summed E-state index contributed by atoms with van der Waals surface area (Å²) in [6.45, 7) is 0.617. The molecule has 0 spiro atoms. The van der Waals surface area contributed by atoms with Crippen molar-refractivity contribution in [2.24, 2.45) is 11.7 Å². The van der Waals surface area contributed by atoms with Crippen LogP contribution in [0.25, 0.3) is 0 Å². The van der Waals surface area contributed by atoms with Gasteiger partial charge in [0.05, 0.1) is 0 Å². The molecule has 0 aromatic carbocycles. The Morgan fingerprint density at radius 2 is 2.41 bits per heavy atom. The van der Waals surface area contributed by atoms with E-state index in [2.05, 4.69) is 10.3 Å². The third-order valence-corrected chi connectivity index (χ3v) is 3.26. The topological polar surface area (TPSA) is 94.1 Å². The molecule has 92 valence electrons. The first kappa shape index (κ1) is 11.8. The molecule has 0 radical (unpaired) electrons. The second-order valence-corrected chi connectivity index (χ2v) is 4.31. The molecule has 1 aromatic heterocycles. The first-order chi connectivity index (χ1) is 8.22. The Hall–Kier alpha value is -1.69. The van der Waals surface area contributed by atoms with Crippen molar-refractivity contribution in [2.75, 3.05) is 11.9 Å². The Bertz CT molecular complexity index is 410. The number of nitrogens with one attached hydrogen (secondary N) is 1. The van der Waals surface area contributed by atoms with Crippen LogP contribution < -0.4 is 11.1 Å². The predicted molar refractivity (Wildman–Crippen MR) is 64.7 cm³/mol. The van der Waals surface area contributed by atoms with Gasteiger partial charge in [0, 0.05) is 6.04 Å². The highest BCUT2D eigenvalue weighted by molar-refractivity contribution is 5.57. The van der Waals surface area contributed by atoms with Crippen molar-refractivity contribution < 1.29 is 4.92 Å². The fourth-order valence-electron chi connectivity index (χ4n) is 2.36. The highest BCUT2D eigenvalue weighted by Crippen LogP contribution is 2.30. The van der Waals surface area contributed by atoms with E-state index < -0.39 is 4.92 Å². The summed E-state index contributed by atoms with van der Waals surface area (Å²) in [6.07, 6.45) is 4.64. The van der Waals surface area contributed by atoms with Gasteiger partial charge in [-0.2, -0.15) is 0 Å². The zero-order valence-corrected chi connectivity index (χ0v) is 9.50. The molecule has 1 aliphatic carbocycles. The van der Waals surface area contributed by atoms with Crippen LogP contribution in [0.15, 0.2) is 18.3 Å². The van der Waals surface area contributed by atoms with Crippen LogP contribution >= 0.6 is 0 Å². The molecule has 6 nitrogen and oxygen atoms in total. The van der Waals surface area contributed by atoms with Gasteiger partial charge in [-0.3, -0.25) is 0 Å². The van der Waals surface area contributed by atoms with Gasteiger partial charge in [-0.15, -0.1) is 0 Å². The second kappa shape index (κ2) is 5.09. The largest absolute Gasteiger partial charge is 0.386 e. The van der Waals surface area contributed by atoms with Crippen molar-refractivity contribution in [3.05, 3.63) is 28.4 Å². The first-order valence-corrected chi connectivity index (χ1v) is 5.78. The van der Waals surface area contributed by atoms with Crippen molar-refractivity contribution in [3.8, 4) is 0 Å². The Morgan fingerprint density at radius 1 is 1.59 bits per heavy atom. The van der Waals surface area contributed by atoms with Crippen LogP contribution in [-0.4, -0.2) is 22.5 Å². The van der Waals surface area contributed by atoms with Gasteiger partial charge in [-0.1, -0.05) is 6.42 Å². The number of nitrogens with two attached hydrogens (primary N) is 1. The zero-order chi connectivity index (χ0) is 12.3. The van der Waals surface area contributed by atoms with E-state index in [1.54, 1.807) is 12.1 Å². The van der Waals surface area contributed by atoms with Crippen LogP contribution in [0, 0.1) is 16.0 Å². The van der Waals surface area contributed by atoms with Crippen LogP contribution in [0.4, 0.5) is 11.5 Å². The minimum absolute atomic E-state index is 0.116. The SMILES string of the molecule is NCC1CCCC1Nc1cccnc1[N+](=O)[O-]. The molecular formula is C11H16N4O2. The molecule has 1 saturated carbocycles. The Labute approximate surface area is 99.4 Å². The highest BCUT2D eigenvalue weighted by atomic mass is 16.6. The first-order valence-electron chi connectivity index (χ1n) is 5.78. The molecule has 3 N–H and O–H groups in total. The maximum Gasteiger partial charge on any atom is 0.386 e. The number of nitro groups is 1. The van der Waals surface area contributed by atoms with Gasteiger partial charge in [0.25, 0.3) is 0 Å². The van der Waals surface area contributed by atoms with Crippen molar-refractivity contribution >= 4 is 11.5 Å². The molecule has 1 heterocycles. The maximum absolute atomic E-state index is 10.8. The minimum atomic E-state index is -0.464. The van der Waals surface area contributed by atoms with E-state index in [1.165, 1.54) is 6.20 Å². The molecule has 0 aliphatic heterocycles. The molecule has 1 aliphatic rings. The Morgan fingerprint density at radius 3 is 3.12 bits per heavy atom. The van der Waals surface area contributed by atoms with Crippen LogP contribution in [0.5, 0.6) is 0 Å². The van der Waals surface area contributed by atoms with Gasteiger partial charge in [0.2, 0.25) is 0 Å². The molecule has 1 fully saturated rings. The number of aromatic nitrogens is 1. The molecule has 1 aromatic rings. The molecule has 2 rings (SSSR count). The molecule has 0 amide bonds. The quantitative estimate of drug-likeness (QED) is 0.610. The summed E-state index contributed by atoms with van der Waals surface area (Å²) in [5.74, 6) is 0.282. The van der Waals surface area contributed by atoms with Gasteiger partial charge >= 0.3 is 5.82 Å². The molecule has 6 heteroatoms. The molecule has 0 saturated heterocycles. The Kier molecular flexibility index (Phi) is 3.53. The third-order valence-electron chi connectivity index (χ3n) is 3.26. The monoisotopic (exact) mass is 236 g/mol. The van der Waals surface area contributed by atoms with Crippen LogP contribution in [0.2, 0.25) is 0 Å². The summed E-state index contributed by atoms with van der Waals surface area (Å²) in [7, 11) is 0. The fraction of sp³-hybridized carbons (Fsp3) is 0.545. The number of hydrogen-bond acceptors (Lipinski definition) is 5. The average Bonchev–Trinajstić information content (AvgIpc) is 2.77. The van der Waals surface area contributed by atoms with E-state index in [0.29, 0.717) is 18.2 Å². The smallest absolute Gasteiger partial charge is 0.375 e. The van der Waals surface area contributed by atoms with E-state index in [0.717, 1.165) is 19.3 Å². The van der Waals surface area contributed by atoms with E-state index in [1.807, 2.05) is 0 Å². The summed E-state index contributed by atoms with van der Waals surface area (Å²) in [6, 6.07) is 3.61. The summed E-state index contributed by atoms with van der Waals surface area (Å²) in [4.78, 5) is 14.1. The predicted octanol–water partition coefficient (Wildman–Crippen LogP) is 1.53.